The Morgan fingerprint density at radius 3 is 2.05 bits per heavy atom. The van der Waals surface area contributed by atoms with Crippen LogP contribution in [0.2, 0.25) is 0 Å². The number of phenols is 1. The minimum atomic E-state index is -1.18. The first-order chi connectivity index (χ1) is 19.1. The molecule has 3 atom stereocenters. The van der Waals surface area contributed by atoms with Crippen LogP contribution in [0.5, 0.6) is 5.75 Å². The van der Waals surface area contributed by atoms with E-state index >= 15 is 0 Å². The maximum absolute atomic E-state index is 12.9. The molecule has 2 aromatic rings. The summed E-state index contributed by atoms with van der Waals surface area (Å²) in [6.45, 7) is -0.888. The van der Waals surface area contributed by atoms with Crippen molar-refractivity contribution in [2.75, 3.05) is 25.1 Å². The van der Waals surface area contributed by atoms with Crippen LogP contribution in [0.1, 0.15) is 17.5 Å². The van der Waals surface area contributed by atoms with Crippen LogP contribution in [0.15, 0.2) is 54.6 Å². The smallest absolute Gasteiger partial charge is 0.326 e. The molecule has 8 N–H and O–H groups in total. The number of phenolic OH excluding ortho intramolecular Hbond substituents is 1. The summed E-state index contributed by atoms with van der Waals surface area (Å²) >= 11 is 1.45. The number of rotatable bonds is 16. The van der Waals surface area contributed by atoms with Crippen LogP contribution >= 0.6 is 11.8 Å². The molecule has 0 radical (unpaired) electrons. The molecule has 40 heavy (non-hydrogen) atoms. The van der Waals surface area contributed by atoms with E-state index in [2.05, 4.69) is 21.3 Å². The van der Waals surface area contributed by atoms with Crippen molar-refractivity contribution in [2.24, 2.45) is 5.73 Å². The number of amides is 4. The third-order valence-electron chi connectivity index (χ3n) is 5.76. The molecule has 0 aliphatic rings. The van der Waals surface area contributed by atoms with Crippen molar-refractivity contribution in [3.8, 4) is 5.75 Å². The van der Waals surface area contributed by atoms with Gasteiger partial charge in [0.2, 0.25) is 23.6 Å². The molecule has 0 spiro atoms. The van der Waals surface area contributed by atoms with Crippen LogP contribution in [-0.4, -0.2) is 83.0 Å². The van der Waals surface area contributed by atoms with Gasteiger partial charge in [0.05, 0.1) is 19.1 Å². The van der Waals surface area contributed by atoms with Gasteiger partial charge in [0.1, 0.15) is 17.8 Å². The van der Waals surface area contributed by atoms with E-state index < -0.39 is 60.8 Å². The Hall–Kier alpha value is -4.10. The molecule has 0 saturated carbocycles. The molecule has 0 heterocycles. The molecule has 12 nitrogen and oxygen atoms in total. The Morgan fingerprint density at radius 2 is 1.43 bits per heavy atom. The van der Waals surface area contributed by atoms with E-state index in [4.69, 9.17) is 5.73 Å². The number of thioether (sulfide) groups is 1. The van der Waals surface area contributed by atoms with E-state index in [0.717, 1.165) is 11.1 Å². The molecule has 216 valence electrons. The molecule has 0 aliphatic carbocycles. The number of nitrogens with two attached hydrogens (primary N) is 1. The summed E-state index contributed by atoms with van der Waals surface area (Å²) in [6.07, 6.45) is 2.34. The summed E-state index contributed by atoms with van der Waals surface area (Å²) in [7, 11) is 0. The summed E-state index contributed by atoms with van der Waals surface area (Å²) < 4.78 is 0. The van der Waals surface area contributed by atoms with Gasteiger partial charge in [-0.1, -0.05) is 42.5 Å². The lowest BCUT2D eigenvalue weighted by atomic mass is 10.0. The first-order valence-corrected chi connectivity index (χ1v) is 13.9. The molecule has 0 aliphatic heterocycles. The highest BCUT2D eigenvalue weighted by Crippen LogP contribution is 2.11. The van der Waals surface area contributed by atoms with E-state index in [0.29, 0.717) is 5.75 Å². The molecule has 0 unspecified atom stereocenters. The topological polar surface area (TPSA) is 200 Å². The summed E-state index contributed by atoms with van der Waals surface area (Å²) in [5, 5.41) is 28.6. The summed E-state index contributed by atoms with van der Waals surface area (Å²) in [5.74, 6) is -3.11. The number of benzene rings is 2. The molecule has 13 heteroatoms. The fourth-order valence-corrected chi connectivity index (χ4v) is 4.06. The number of aromatic hydroxyl groups is 1. The fraction of sp³-hybridized carbons (Fsp3) is 0.370. The van der Waals surface area contributed by atoms with Gasteiger partial charge in [0, 0.05) is 6.42 Å². The Morgan fingerprint density at radius 1 is 0.800 bits per heavy atom. The van der Waals surface area contributed by atoms with Gasteiger partial charge in [-0.15, -0.1) is 0 Å². The second-order valence-electron chi connectivity index (χ2n) is 8.96. The molecule has 4 amide bonds. The summed E-state index contributed by atoms with van der Waals surface area (Å²) in [5.41, 5.74) is 7.35. The number of hydrogen-bond donors (Lipinski definition) is 7. The average molecular weight is 574 g/mol. The number of hydrogen-bond acceptors (Lipinski definition) is 8. The maximum Gasteiger partial charge on any atom is 0.326 e. The van der Waals surface area contributed by atoms with E-state index in [1.165, 1.54) is 23.9 Å². The minimum absolute atomic E-state index is 0.0881. The maximum atomic E-state index is 12.9. The highest BCUT2D eigenvalue weighted by molar-refractivity contribution is 7.98. The largest absolute Gasteiger partial charge is 0.508 e. The molecule has 0 saturated heterocycles. The number of carboxylic acid groups (broad SMARTS) is 1. The molecule has 0 fully saturated rings. The van der Waals surface area contributed by atoms with E-state index in [1.54, 1.807) is 42.5 Å². The molecule has 2 aromatic carbocycles. The van der Waals surface area contributed by atoms with Crippen molar-refractivity contribution in [1.29, 1.82) is 0 Å². The first-order valence-electron chi connectivity index (χ1n) is 12.5. The van der Waals surface area contributed by atoms with Gasteiger partial charge in [-0.2, -0.15) is 11.8 Å². The molecule has 0 aromatic heterocycles. The Labute approximate surface area is 236 Å². The third kappa shape index (κ3) is 11.7. The standard InChI is InChI=1S/C27H35N5O7S/c1-40-12-11-21(27(38)39)32-26(37)22(14-17-5-3-2-4-6-17)31-24(35)16-29-23(34)15-30-25(36)20(28)13-18-7-9-19(33)10-8-18/h2-10,20-22,33H,11-16,28H2,1H3,(H,29,34)(H,30,36)(H,31,35)(H,32,37)(H,38,39)/t20-,21+,22+/m1/s1. The molecular formula is C27H35N5O7S. The van der Waals surface area contributed by atoms with Gasteiger partial charge < -0.3 is 37.2 Å². The highest BCUT2D eigenvalue weighted by atomic mass is 32.2. The summed E-state index contributed by atoms with van der Waals surface area (Å²) in [6, 6.07) is 12.0. The van der Waals surface area contributed by atoms with Crippen LogP contribution in [0.3, 0.4) is 0 Å². The number of carboxylic acids is 1. The SMILES string of the molecule is CSCC[C@H](NC(=O)[C@H](Cc1ccccc1)NC(=O)CNC(=O)CNC(=O)[C@H](N)Cc1ccc(O)cc1)C(=O)O. The Bertz CT molecular complexity index is 1150. The minimum Gasteiger partial charge on any atom is -0.508 e. The van der Waals surface area contributed by atoms with E-state index in [-0.39, 0.29) is 25.0 Å². The van der Waals surface area contributed by atoms with Crippen molar-refractivity contribution in [2.45, 2.75) is 37.4 Å². The predicted octanol–water partition coefficient (Wildman–Crippen LogP) is -0.456. The zero-order valence-electron chi connectivity index (χ0n) is 22.1. The Kier molecular flexibility index (Phi) is 13.5. The monoisotopic (exact) mass is 573 g/mol. The average Bonchev–Trinajstić information content (AvgIpc) is 2.93. The van der Waals surface area contributed by atoms with Crippen molar-refractivity contribution in [3.05, 3.63) is 65.7 Å². The van der Waals surface area contributed by atoms with E-state index in [1.807, 2.05) is 6.26 Å². The van der Waals surface area contributed by atoms with Crippen molar-refractivity contribution < 1.29 is 34.2 Å². The third-order valence-corrected chi connectivity index (χ3v) is 6.40. The quantitative estimate of drug-likeness (QED) is 0.139. The second kappa shape index (κ2) is 16.8. The van der Waals surface area contributed by atoms with Gasteiger partial charge >= 0.3 is 5.97 Å². The van der Waals surface area contributed by atoms with Gasteiger partial charge in [-0.3, -0.25) is 19.2 Å². The predicted molar refractivity (Wildman–Crippen MR) is 150 cm³/mol. The van der Waals surface area contributed by atoms with Crippen LogP contribution in [0, 0.1) is 0 Å². The zero-order valence-corrected chi connectivity index (χ0v) is 22.9. The van der Waals surface area contributed by atoms with Crippen LogP contribution in [0.25, 0.3) is 0 Å². The van der Waals surface area contributed by atoms with Gasteiger partial charge in [0.25, 0.3) is 0 Å². The lowest BCUT2D eigenvalue weighted by Crippen LogP contribution is -2.54. The fourth-order valence-electron chi connectivity index (χ4n) is 3.59. The Balaban J connectivity index is 1.88. The van der Waals surface area contributed by atoms with Gasteiger partial charge in [-0.25, -0.2) is 4.79 Å². The number of aliphatic carboxylic acids is 1. The number of nitrogens with one attached hydrogen (secondary N) is 4. The lowest BCUT2D eigenvalue weighted by Gasteiger charge is -2.22. The van der Waals surface area contributed by atoms with Crippen molar-refractivity contribution in [3.63, 3.8) is 0 Å². The summed E-state index contributed by atoms with van der Waals surface area (Å²) in [4.78, 5) is 61.5. The van der Waals surface area contributed by atoms with Crippen molar-refractivity contribution in [1.82, 2.24) is 21.3 Å². The van der Waals surface area contributed by atoms with Gasteiger partial charge in [-0.05, 0) is 48.1 Å². The van der Waals surface area contributed by atoms with E-state index in [9.17, 15) is 34.2 Å². The second-order valence-corrected chi connectivity index (χ2v) is 9.95. The first kappa shape index (κ1) is 32.1. The highest BCUT2D eigenvalue weighted by Gasteiger charge is 2.27. The lowest BCUT2D eigenvalue weighted by molar-refractivity contribution is -0.142. The zero-order chi connectivity index (χ0) is 29.5. The van der Waals surface area contributed by atoms with Crippen molar-refractivity contribution >= 4 is 41.4 Å². The van der Waals surface area contributed by atoms with Crippen LogP contribution in [0.4, 0.5) is 0 Å². The van der Waals surface area contributed by atoms with Crippen LogP contribution < -0.4 is 27.0 Å². The molecular weight excluding hydrogens is 538 g/mol. The van der Waals surface area contributed by atoms with Gasteiger partial charge in [0.15, 0.2) is 0 Å². The number of carbonyl (C=O) groups excluding carboxylic acids is 4. The molecule has 2 rings (SSSR count). The molecule has 0 bridgehead atoms. The van der Waals surface area contributed by atoms with Crippen LogP contribution in [-0.2, 0) is 36.8 Å². The number of carbonyl (C=O) groups is 5. The normalized spacial score (nSPS) is 12.8.